The third kappa shape index (κ3) is 11.1. The number of hydrogen-bond acceptors (Lipinski definition) is 12. The number of allylic oxidation sites excluding steroid dienone is 1. The van der Waals surface area contributed by atoms with Crippen molar-refractivity contribution in [1.29, 1.82) is 0 Å². The maximum absolute atomic E-state index is 14.7. The van der Waals surface area contributed by atoms with Crippen molar-refractivity contribution in [3.63, 3.8) is 0 Å². The maximum atomic E-state index is 14.7. The fourth-order valence-electron chi connectivity index (χ4n) is 9.83. The van der Waals surface area contributed by atoms with E-state index in [-0.39, 0.29) is 68.6 Å². The SMILES string of the molecule is C=CCCOC(=O)N(Cc1ccc(F)cc1)C1CC(=NOC2CCCCO2)C2=CC(CCCCO)C(CCCCO)C3c4cc(Oc5cccc([N+](=O)[O-])c5)ccc4OC1(OCC=C)C23. The quantitative estimate of drug-likeness (QED) is 0.0426. The van der Waals surface area contributed by atoms with Crippen LogP contribution in [-0.4, -0.2) is 83.0 Å². The molecule has 2 heterocycles. The van der Waals surface area contributed by atoms with Crippen LogP contribution in [0.2, 0.25) is 0 Å². The molecule has 0 radical (unpaired) electrons. The number of carbonyl (C=O) groups is 1. The summed E-state index contributed by atoms with van der Waals surface area (Å²) in [4.78, 5) is 33.7. The van der Waals surface area contributed by atoms with Gasteiger partial charge in [-0.05, 0) is 104 Å². The number of hydrogen-bond donors (Lipinski definition) is 2. The van der Waals surface area contributed by atoms with Gasteiger partial charge in [-0.3, -0.25) is 15.0 Å². The summed E-state index contributed by atoms with van der Waals surface area (Å²) >= 11 is 0. The lowest BCUT2D eigenvalue weighted by Gasteiger charge is -2.59. The molecule has 7 atom stereocenters. The molecule has 15 heteroatoms. The molecule has 0 spiro atoms. The number of amides is 1. The lowest BCUT2D eigenvalue weighted by molar-refractivity contribution is -0.384. The minimum Gasteiger partial charge on any atom is -0.459 e. The zero-order chi connectivity index (χ0) is 45.8. The highest BCUT2D eigenvalue weighted by atomic mass is 19.1. The van der Waals surface area contributed by atoms with Crippen molar-refractivity contribution in [1.82, 2.24) is 4.90 Å². The highest BCUT2D eigenvalue weighted by Gasteiger charge is 2.65. The van der Waals surface area contributed by atoms with Gasteiger partial charge in [0.25, 0.3) is 5.69 Å². The molecule has 65 heavy (non-hydrogen) atoms. The van der Waals surface area contributed by atoms with Crippen molar-refractivity contribution in [3.05, 3.63) is 131 Å². The number of rotatable bonds is 22. The lowest BCUT2D eigenvalue weighted by atomic mass is 9.55. The molecule has 4 aliphatic rings. The molecule has 3 aromatic rings. The zero-order valence-electron chi connectivity index (χ0n) is 36.8. The number of unbranched alkanes of at least 4 members (excludes halogenated alkanes) is 2. The first-order chi connectivity index (χ1) is 31.7. The van der Waals surface area contributed by atoms with Crippen molar-refractivity contribution in [2.24, 2.45) is 22.9 Å². The number of non-ortho nitro benzene ring substituents is 1. The van der Waals surface area contributed by atoms with Gasteiger partial charge in [0.1, 0.15) is 29.1 Å². The number of nitro benzene ring substituents is 1. The number of benzene rings is 3. The number of carbonyl (C=O) groups excluding carboxylic acids is 1. The summed E-state index contributed by atoms with van der Waals surface area (Å²) in [6.45, 7) is 8.52. The maximum Gasteiger partial charge on any atom is 0.410 e. The largest absolute Gasteiger partial charge is 0.459 e. The third-order valence-corrected chi connectivity index (χ3v) is 12.8. The van der Waals surface area contributed by atoms with E-state index < -0.39 is 40.9 Å². The van der Waals surface area contributed by atoms with Gasteiger partial charge in [-0.2, -0.15) is 0 Å². The van der Waals surface area contributed by atoms with Crippen LogP contribution in [0, 0.1) is 33.7 Å². The van der Waals surface area contributed by atoms with Crippen LogP contribution in [0.4, 0.5) is 14.9 Å². The van der Waals surface area contributed by atoms with Crippen LogP contribution in [0.25, 0.3) is 0 Å². The first-order valence-electron chi connectivity index (χ1n) is 22.8. The Kier molecular flexibility index (Phi) is 16.4. The van der Waals surface area contributed by atoms with E-state index in [1.165, 1.54) is 24.3 Å². The van der Waals surface area contributed by atoms with E-state index in [4.69, 9.17) is 33.7 Å². The Morgan fingerprint density at radius 3 is 2.51 bits per heavy atom. The van der Waals surface area contributed by atoms with Gasteiger partial charge in [0, 0.05) is 50.1 Å². The van der Waals surface area contributed by atoms with Crippen LogP contribution in [0.5, 0.6) is 17.2 Å². The van der Waals surface area contributed by atoms with E-state index in [9.17, 15) is 29.5 Å². The minimum absolute atomic E-state index is 0.00327. The van der Waals surface area contributed by atoms with Crippen molar-refractivity contribution in [2.75, 3.05) is 33.0 Å². The summed E-state index contributed by atoms with van der Waals surface area (Å²) < 4.78 is 46.9. The summed E-state index contributed by atoms with van der Waals surface area (Å²) in [6.07, 6.45) is 11.5. The fourth-order valence-corrected chi connectivity index (χ4v) is 9.83. The van der Waals surface area contributed by atoms with Gasteiger partial charge in [0.15, 0.2) is 0 Å². The van der Waals surface area contributed by atoms with Gasteiger partial charge in [-0.15, -0.1) is 13.2 Å². The van der Waals surface area contributed by atoms with Crippen LogP contribution >= 0.6 is 0 Å². The number of halogens is 1. The second-order valence-corrected chi connectivity index (χ2v) is 17.0. The topological polar surface area (TPSA) is 172 Å². The molecular formula is C50H60FN3O11. The van der Waals surface area contributed by atoms with Crippen molar-refractivity contribution < 1.29 is 52.8 Å². The van der Waals surface area contributed by atoms with Crippen molar-refractivity contribution in [2.45, 2.75) is 101 Å². The normalized spacial score (nSPS) is 25.0. The number of fused-ring (bicyclic) bond motifs is 2. The standard InChI is InChI=1S/C50H60FN3O11/c1-3-5-27-61-49(57)53(33-34-18-20-36(51)21-19-34)45-32-43(52-65-46-17-8-11-28-60-46)41-29-35(13-6-9-24-55)40(16-7-10-25-56)47-42-31-39(63-38-15-12-14-37(30-38)54(58)59)22-23-44(42)64-50(45,48(41)47)62-26-4-2/h3-4,12,14-15,18-23,29-31,35,40,45-48,55-56H,1-2,5-11,13,16-17,24-28,32-33H2. The predicted molar refractivity (Wildman–Crippen MR) is 241 cm³/mol. The summed E-state index contributed by atoms with van der Waals surface area (Å²) in [5, 5.41) is 36.5. The molecule has 14 nitrogen and oxygen atoms in total. The van der Waals surface area contributed by atoms with E-state index in [2.05, 4.69) is 19.2 Å². The smallest absolute Gasteiger partial charge is 0.410 e. The Morgan fingerprint density at radius 1 is 1.00 bits per heavy atom. The second-order valence-electron chi connectivity index (χ2n) is 17.0. The van der Waals surface area contributed by atoms with Gasteiger partial charge < -0.3 is 38.7 Å². The van der Waals surface area contributed by atoms with Crippen molar-refractivity contribution in [3.8, 4) is 17.2 Å². The first kappa shape index (κ1) is 47.4. The molecule has 3 aromatic carbocycles. The van der Waals surface area contributed by atoms with Gasteiger partial charge in [-0.1, -0.05) is 54.4 Å². The molecule has 348 valence electrons. The summed E-state index contributed by atoms with van der Waals surface area (Å²) in [6, 6.07) is 16.5. The van der Waals surface area contributed by atoms with Gasteiger partial charge >= 0.3 is 6.09 Å². The van der Waals surface area contributed by atoms with Crippen LogP contribution in [0.3, 0.4) is 0 Å². The van der Waals surface area contributed by atoms with E-state index >= 15 is 0 Å². The lowest BCUT2D eigenvalue weighted by Crippen LogP contribution is -2.70. The fraction of sp³-hybridized carbons (Fsp3) is 0.480. The average Bonchev–Trinajstić information content (AvgIpc) is 3.31. The number of nitro groups is 1. The average molecular weight is 898 g/mol. The van der Waals surface area contributed by atoms with E-state index in [0.717, 1.165) is 36.8 Å². The van der Waals surface area contributed by atoms with E-state index in [0.29, 0.717) is 67.9 Å². The number of ether oxygens (including phenoxy) is 5. The third-order valence-electron chi connectivity index (χ3n) is 12.8. The molecule has 7 rings (SSSR count). The van der Waals surface area contributed by atoms with Gasteiger partial charge in [0.2, 0.25) is 12.1 Å². The second kappa shape index (κ2) is 22.5. The molecule has 1 saturated carbocycles. The van der Waals surface area contributed by atoms with Gasteiger partial charge in [0.05, 0.1) is 42.4 Å². The minimum atomic E-state index is -1.59. The zero-order valence-corrected chi connectivity index (χ0v) is 36.8. The van der Waals surface area contributed by atoms with Crippen LogP contribution in [0.15, 0.2) is 109 Å². The highest BCUT2D eigenvalue weighted by molar-refractivity contribution is 6.03. The number of aliphatic hydroxyl groups is 2. The summed E-state index contributed by atoms with van der Waals surface area (Å²) in [5.74, 6) is -1.94. The highest BCUT2D eigenvalue weighted by Crippen LogP contribution is 2.62. The molecule has 1 amide bonds. The number of nitrogens with zero attached hydrogens (tertiary/aromatic N) is 3. The predicted octanol–water partition coefficient (Wildman–Crippen LogP) is 9.90. The van der Waals surface area contributed by atoms with Crippen LogP contribution in [-0.2, 0) is 25.6 Å². The Morgan fingerprint density at radius 2 is 1.78 bits per heavy atom. The van der Waals surface area contributed by atoms with Crippen LogP contribution in [0.1, 0.15) is 87.7 Å². The molecule has 1 saturated heterocycles. The molecule has 0 bridgehead atoms. The number of oxime groups is 1. The van der Waals surface area contributed by atoms with E-state index in [1.54, 1.807) is 53.5 Å². The Labute approximate surface area is 379 Å². The monoisotopic (exact) mass is 897 g/mol. The van der Waals surface area contributed by atoms with Crippen molar-refractivity contribution >= 4 is 17.5 Å². The number of aliphatic hydroxyl groups excluding tert-OH is 2. The molecule has 2 N–H and O–H groups in total. The molecule has 0 aromatic heterocycles. The van der Waals surface area contributed by atoms with E-state index in [1.807, 2.05) is 6.07 Å². The molecule has 7 unspecified atom stereocenters. The molecule has 2 aliphatic carbocycles. The Balaban J connectivity index is 1.45. The Hall–Kier alpha value is -5.61. The van der Waals surface area contributed by atoms with Gasteiger partial charge in [-0.25, -0.2) is 9.18 Å². The first-order valence-corrected chi connectivity index (χ1v) is 22.8. The molecular weight excluding hydrogens is 838 g/mol. The Bertz CT molecular complexity index is 2180. The molecule has 2 fully saturated rings. The molecule has 2 aliphatic heterocycles. The summed E-state index contributed by atoms with van der Waals surface area (Å²) in [5.41, 5.74) is 2.74. The summed E-state index contributed by atoms with van der Waals surface area (Å²) in [7, 11) is 0. The van der Waals surface area contributed by atoms with Crippen LogP contribution < -0.4 is 9.47 Å².